The van der Waals surface area contributed by atoms with Gasteiger partial charge in [0.25, 0.3) is 0 Å². The molecule has 7 heteroatoms. The lowest BCUT2D eigenvalue weighted by Gasteiger charge is -2.26. The molecule has 0 spiro atoms. The minimum atomic E-state index is 0.531. The average molecular weight is 630 g/mol. The van der Waals surface area contributed by atoms with E-state index in [4.69, 9.17) is 51.1 Å². The zero-order valence-corrected chi connectivity index (χ0v) is 26.1. The van der Waals surface area contributed by atoms with Crippen LogP contribution in [0.4, 0.5) is 11.4 Å². The maximum Gasteiger partial charge on any atom is 0.131 e. The molecule has 4 rings (SSSR count). The first-order valence-corrected chi connectivity index (χ1v) is 16.0. The first-order valence-electron chi connectivity index (χ1n) is 13.9. The molecule has 4 aromatic carbocycles. The Morgan fingerprint density at radius 3 is 1.17 bits per heavy atom. The van der Waals surface area contributed by atoms with Gasteiger partial charge >= 0.3 is 0 Å². The van der Waals surface area contributed by atoms with Crippen LogP contribution in [0.3, 0.4) is 0 Å². The van der Waals surface area contributed by atoms with Gasteiger partial charge in [-0.15, -0.1) is 46.4 Å². The van der Waals surface area contributed by atoms with E-state index < -0.39 is 0 Å². The number of anilines is 2. The highest BCUT2D eigenvalue weighted by Gasteiger charge is 2.16. The number of hydrogen-bond donors (Lipinski definition) is 0. The van der Waals surface area contributed by atoms with Gasteiger partial charge in [-0.1, -0.05) is 60.7 Å². The van der Waals surface area contributed by atoms with Crippen LogP contribution in [0.25, 0.3) is 0 Å². The smallest absolute Gasteiger partial charge is 0.131 e. The number of halogens is 4. The van der Waals surface area contributed by atoms with Gasteiger partial charge in [0.1, 0.15) is 11.5 Å². The zero-order chi connectivity index (χ0) is 28.9. The Kier molecular flexibility index (Phi) is 12.8. The molecule has 41 heavy (non-hydrogen) atoms. The first-order chi connectivity index (χ1) is 20.1. The van der Waals surface area contributed by atoms with Crippen molar-refractivity contribution in [3.63, 3.8) is 0 Å². The molecule has 4 aromatic rings. The fraction of sp³-hybridized carbons (Fsp3) is 0.294. The number of rotatable bonds is 16. The predicted molar refractivity (Wildman–Crippen MR) is 179 cm³/mol. The summed E-state index contributed by atoms with van der Waals surface area (Å²) < 4.78 is 6.75. The van der Waals surface area contributed by atoms with Crippen LogP contribution in [-0.2, 0) is 12.8 Å². The molecule has 0 atom stereocenters. The zero-order valence-electron chi connectivity index (χ0n) is 23.1. The summed E-state index contributed by atoms with van der Waals surface area (Å²) >= 11 is 24.5. The molecule has 0 aliphatic heterocycles. The summed E-state index contributed by atoms with van der Waals surface area (Å²) in [6, 6.07) is 33.6. The van der Waals surface area contributed by atoms with Crippen molar-refractivity contribution in [2.75, 3.05) is 59.5 Å². The maximum absolute atomic E-state index is 6.75. The third-order valence-electron chi connectivity index (χ3n) is 6.93. The quantitative estimate of drug-likeness (QED) is 0.115. The van der Waals surface area contributed by atoms with E-state index in [2.05, 4.69) is 94.7 Å². The highest BCUT2D eigenvalue weighted by atomic mass is 35.5. The molecule has 0 aliphatic carbocycles. The van der Waals surface area contributed by atoms with Gasteiger partial charge in [0, 0.05) is 85.0 Å². The minimum Gasteiger partial charge on any atom is -0.457 e. The molecule has 0 saturated carbocycles. The van der Waals surface area contributed by atoms with Crippen molar-refractivity contribution in [1.82, 2.24) is 0 Å². The second-order valence-corrected chi connectivity index (χ2v) is 11.3. The topological polar surface area (TPSA) is 15.7 Å². The van der Waals surface area contributed by atoms with Gasteiger partial charge in [0.05, 0.1) is 0 Å². The van der Waals surface area contributed by atoms with E-state index >= 15 is 0 Å². The van der Waals surface area contributed by atoms with Crippen LogP contribution < -0.4 is 14.5 Å². The normalized spacial score (nSPS) is 10.9. The van der Waals surface area contributed by atoms with Crippen LogP contribution in [0.2, 0.25) is 0 Å². The Bertz CT molecular complexity index is 1220. The summed E-state index contributed by atoms with van der Waals surface area (Å²) in [5.74, 6) is 3.78. The maximum atomic E-state index is 6.75. The van der Waals surface area contributed by atoms with Crippen molar-refractivity contribution < 1.29 is 4.74 Å². The minimum absolute atomic E-state index is 0.531. The molecule has 0 aromatic heterocycles. The van der Waals surface area contributed by atoms with Gasteiger partial charge in [0.15, 0.2) is 0 Å². The SMILES string of the molecule is ClCCN(CCCl)c1ccc(Oc2ccc(N(CCCl)CCCl)cc2Cc2ccccc2)c(Cc2ccccc2)c1. The van der Waals surface area contributed by atoms with E-state index in [1.807, 2.05) is 12.1 Å². The van der Waals surface area contributed by atoms with Crippen LogP contribution in [-0.4, -0.2) is 49.7 Å². The number of ether oxygens (including phenoxy) is 1. The third-order valence-corrected chi connectivity index (χ3v) is 7.61. The van der Waals surface area contributed by atoms with E-state index in [-0.39, 0.29) is 0 Å². The van der Waals surface area contributed by atoms with Crippen LogP contribution in [0.1, 0.15) is 22.3 Å². The largest absolute Gasteiger partial charge is 0.457 e. The van der Waals surface area contributed by atoms with Crippen LogP contribution in [0.5, 0.6) is 11.5 Å². The third kappa shape index (κ3) is 9.21. The molecule has 0 unspecified atom stereocenters. The Morgan fingerprint density at radius 2 is 0.829 bits per heavy atom. The molecule has 0 amide bonds. The van der Waals surface area contributed by atoms with Crippen molar-refractivity contribution in [3.8, 4) is 11.5 Å². The number of alkyl halides is 4. The predicted octanol–water partition coefficient (Wildman–Crippen LogP) is 9.23. The molecule has 0 radical (unpaired) electrons. The Labute approximate surface area is 264 Å². The van der Waals surface area contributed by atoms with Crippen molar-refractivity contribution in [3.05, 3.63) is 119 Å². The van der Waals surface area contributed by atoms with Gasteiger partial charge in [-0.25, -0.2) is 0 Å². The molecule has 0 heterocycles. The standard InChI is InChI=1S/C34H36Cl4N2O/c35-15-19-39(20-16-36)31-11-13-33(29(25-31)23-27-7-3-1-4-8-27)41-34-14-12-32(40(21-17-37)22-18-38)26-30(34)24-28-9-5-2-6-10-28/h1-14,25-26H,15-24H2. The lowest BCUT2D eigenvalue weighted by Crippen LogP contribution is -2.27. The Morgan fingerprint density at radius 1 is 0.463 bits per heavy atom. The van der Waals surface area contributed by atoms with Crippen LogP contribution >= 0.6 is 46.4 Å². The van der Waals surface area contributed by atoms with E-state index in [1.165, 1.54) is 11.1 Å². The summed E-state index contributed by atoms with van der Waals surface area (Å²) in [7, 11) is 0. The van der Waals surface area contributed by atoms with E-state index in [9.17, 15) is 0 Å². The number of benzene rings is 4. The van der Waals surface area contributed by atoms with Crippen molar-refractivity contribution >= 4 is 57.8 Å². The fourth-order valence-corrected chi connectivity index (χ4v) is 5.71. The van der Waals surface area contributed by atoms with E-state index in [0.29, 0.717) is 23.5 Å². The molecular weight excluding hydrogens is 594 g/mol. The van der Waals surface area contributed by atoms with Crippen LogP contribution in [0.15, 0.2) is 97.1 Å². The Hall–Kier alpha value is -2.56. The first kappa shape index (κ1) is 31.4. The molecule has 0 saturated heterocycles. The second kappa shape index (κ2) is 16.8. The van der Waals surface area contributed by atoms with E-state index in [0.717, 1.165) is 73.0 Å². The molecule has 0 aliphatic rings. The molecule has 216 valence electrons. The van der Waals surface area contributed by atoms with Gasteiger partial charge in [-0.3, -0.25) is 0 Å². The second-order valence-electron chi connectivity index (χ2n) is 9.74. The molecule has 3 nitrogen and oxygen atoms in total. The number of nitrogens with zero attached hydrogens (tertiary/aromatic N) is 2. The summed E-state index contributed by atoms with van der Waals surface area (Å²) in [6.07, 6.45) is 1.48. The molecule has 0 bridgehead atoms. The fourth-order valence-electron chi connectivity index (χ4n) is 4.90. The lowest BCUT2D eigenvalue weighted by atomic mass is 10.0. The molecular formula is C34H36Cl4N2O. The highest BCUT2D eigenvalue weighted by Crippen LogP contribution is 2.35. The van der Waals surface area contributed by atoms with Crippen LogP contribution in [0, 0.1) is 0 Å². The monoisotopic (exact) mass is 628 g/mol. The molecule has 0 fully saturated rings. The Balaban J connectivity index is 1.74. The highest BCUT2D eigenvalue weighted by molar-refractivity contribution is 6.19. The average Bonchev–Trinajstić information content (AvgIpc) is 3.00. The van der Waals surface area contributed by atoms with Gasteiger partial charge in [-0.05, 0) is 47.5 Å². The van der Waals surface area contributed by atoms with Crippen molar-refractivity contribution in [2.24, 2.45) is 0 Å². The molecule has 0 N–H and O–H groups in total. The van der Waals surface area contributed by atoms with Gasteiger partial charge < -0.3 is 14.5 Å². The summed E-state index contributed by atoms with van der Waals surface area (Å²) in [5, 5.41) is 0. The lowest BCUT2D eigenvalue weighted by molar-refractivity contribution is 0.472. The van der Waals surface area contributed by atoms with Gasteiger partial charge in [-0.2, -0.15) is 0 Å². The van der Waals surface area contributed by atoms with Gasteiger partial charge in [0.2, 0.25) is 0 Å². The van der Waals surface area contributed by atoms with Crippen molar-refractivity contribution in [1.29, 1.82) is 0 Å². The van der Waals surface area contributed by atoms with Crippen molar-refractivity contribution in [2.45, 2.75) is 12.8 Å². The summed E-state index contributed by atoms with van der Waals surface area (Å²) in [5.41, 5.74) is 6.80. The summed E-state index contributed by atoms with van der Waals surface area (Å²) in [6.45, 7) is 2.90. The summed E-state index contributed by atoms with van der Waals surface area (Å²) in [4.78, 5) is 4.44. The van der Waals surface area contributed by atoms with E-state index in [1.54, 1.807) is 0 Å². The number of hydrogen-bond acceptors (Lipinski definition) is 3.